The van der Waals surface area contributed by atoms with Crippen LogP contribution >= 0.6 is 0 Å². The number of halogens is 1. The Labute approximate surface area is 101 Å². The van der Waals surface area contributed by atoms with E-state index in [9.17, 15) is 12.8 Å². The highest BCUT2D eigenvalue weighted by molar-refractivity contribution is 7.90. The van der Waals surface area contributed by atoms with E-state index in [-0.39, 0.29) is 24.7 Å². The molecular weight excluding hydrogens is 243 g/mol. The molecule has 1 rings (SSSR count). The monoisotopic (exact) mass is 260 g/mol. The maximum absolute atomic E-state index is 13.7. The van der Waals surface area contributed by atoms with Gasteiger partial charge in [0.05, 0.1) is 11.4 Å². The predicted octanol–water partition coefficient (Wildman–Crippen LogP) is 0.765. The highest BCUT2D eigenvalue weighted by atomic mass is 32.2. The van der Waals surface area contributed by atoms with Crippen LogP contribution in [0.4, 0.5) is 10.1 Å². The fourth-order valence-electron chi connectivity index (χ4n) is 1.41. The van der Waals surface area contributed by atoms with E-state index in [0.29, 0.717) is 11.3 Å². The van der Waals surface area contributed by atoms with E-state index < -0.39 is 9.84 Å². The van der Waals surface area contributed by atoms with Gasteiger partial charge in [-0.3, -0.25) is 0 Å². The molecule has 17 heavy (non-hydrogen) atoms. The molecule has 0 saturated carbocycles. The molecular formula is C11H17FN2O2S. The number of hydrogen-bond donors (Lipinski definition) is 1. The molecule has 0 heterocycles. The molecule has 96 valence electrons. The lowest BCUT2D eigenvalue weighted by Crippen LogP contribution is -2.25. The molecule has 0 amide bonds. The van der Waals surface area contributed by atoms with Gasteiger partial charge in [-0.05, 0) is 17.7 Å². The van der Waals surface area contributed by atoms with Gasteiger partial charge in [-0.25, -0.2) is 12.8 Å². The van der Waals surface area contributed by atoms with Crippen molar-refractivity contribution in [2.24, 2.45) is 5.73 Å². The van der Waals surface area contributed by atoms with Gasteiger partial charge in [-0.1, -0.05) is 6.07 Å². The third-order valence-electron chi connectivity index (χ3n) is 2.46. The maximum Gasteiger partial charge on any atom is 0.149 e. The van der Waals surface area contributed by atoms with Crippen LogP contribution in [0.3, 0.4) is 0 Å². The molecule has 0 spiro atoms. The Balaban J connectivity index is 2.79. The minimum absolute atomic E-state index is 0.00157. The second-order valence-corrected chi connectivity index (χ2v) is 6.30. The van der Waals surface area contributed by atoms with Crippen LogP contribution in [0.15, 0.2) is 18.2 Å². The number of sulfone groups is 1. The SMILES string of the molecule is CN(CCS(C)(=O)=O)c1ccc(CN)cc1F. The van der Waals surface area contributed by atoms with Crippen molar-refractivity contribution in [1.82, 2.24) is 0 Å². The Kier molecular flexibility index (Phi) is 4.47. The molecule has 0 bridgehead atoms. The molecule has 2 N–H and O–H groups in total. The molecule has 4 nitrogen and oxygen atoms in total. The fourth-order valence-corrected chi connectivity index (χ4v) is 2.02. The van der Waals surface area contributed by atoms with Crippen molar-refractivity contribution in [3.8, 4) is 0 Å². The van der Waals surface area contributed by atoms with Crippen LogP contribution in [0.1, 0.15) is 5.56 Å². The average Bonchev–Trinajstić information content (AvgIpc) is 2.24. The summed E-state index contributed by atoms with van der Waals surface area (Å²) in [6.45, 7) is 0.544. The van der Waals surface area contributed by atoms with Crippen molar-refractivity contribution < 1.29 is 12.8 Å². The van der Waals surface area contributed by atoms with Crippen molar-refractivity contribution in [1.29, 1.82) is 0 Å². The summed E-state index contributed by atoms with van der Waals surface area (Å²) < 4.78 is 35.7. The standard InChI is InChI=1S/C11H17FN2O2S/c1-14(5-6-17(2,15)16)11-4-3-9(8-13)7-10(11)12/h3-4,7H,5-6,8,13H2,1-2H3. The molecule has 6 heteroatoms. The molecule has 1 aromatic carbocycles. The van der Waals surface area contributed by atoms with Crippen LogP contribution in [0.2, 0.25) is 0 Å². The van der Waals surface area contributed by atoms with E-state index >= 15 is 0 Å². The maximum atomic E-state index is 13.7. The minimum atomic E-state index is -3.04. The first-order chi connectivity index (χ1) is 7.83. The highest BCUT2D eigenvalue weighted by Gasteiger charge is 2.10. The van der Waals surface area contributed by atoms with Crippen molar-refractivity contribution in [2.45, 2.75) is 6.54 Å². The summed E-state index contributed by atoms with van der Waals surface area (Å²) >= 11 is 0. The molecule has 0 saturated heterocycles. The van der Waals surface area contributed by atoms with E-state index in [1.165, 1.54) is 6.07 Å². The smallest absolute Gasteiger partial charge is 0.149 e. The molecule has 0 unspecified atom stereocenters. The quantitative estimate of drug-likeness (QED) is 0.849. The van der Waals surface area contributed by atoms with Crippen molar-refractivity contribution in [3.63, 3.8) is 0 Å². The van der Waals surface area contributed by atoms with Crippen LogP contribution in [-0.2, 0) is 16.4 Å². The first-order valence-corrected chi connectivity index (χ1v) is 7.27. The number of nitrogens with two attached hydrogens (primary N) is 1. The summed E-state index contributed by atoms with van der Waals surface area (Å²) in [5, 5.41) is 0. The Morgan fingerprint density at radius 3 is 2.53 bits per heavy atom. The number of hydrogen-bond acceptors (Lipinski definition) is 4. The zero-order valence-corrected chi connectivity index (χ0v) is 10.8. The van der Waals surface area contributed by atoms with Gasteiger partial charge in [0.25, 0.3) is 0 Å². The van der Waals surface area contributed by atoms with E-state index in [1.807, 2.05) is 0 Å². The van der Waals surface area contributed by atoms with Gasteiger partial charge < -0.3 is 10.6 Å². The number of anilines is 1. The second kappa shape index (κ2) is 5.46. The van der Waals surface area contributed by atoms with E-state index in [1.54, 1.807) is 24.1 Å². The summed E-state index contributed by atoms with van der Waals surface area (Å²) in [4.78, 5) is 1.58. The Hall–Kier alpha value is -1.14. The molecule has 0 aromatic heterocycles. The van der Waals surface area contributed by atoms with Crippen molar-refractivity contribution in [3.05, 3.63) is 29.6 Å². The topological polar surface area (TPSA) is 63.4 Å². The Bertz CT molecular complexity index is 488. The van der Waals surface area contributed by atoms with Crippen molar-refractivity contribution >= 4 is 15.5 Å². The van der Waals surface area contributed by atoms with E-state index in [4.69, 9.17) is 5.73 Å². The van der Waals surface area contributed by atoms with Crippen LogP contribution in [-0.4, -0.2) is 34.0 Å². The zero-order chi connectivity index (χ0) is 13.1. The van der Waals surface area contributed by atoms with Crippen LogP contribution in [0.5, 0.6) is 0 Å². The molecule has 0 radical (unpaired) electrons. The Morgan fingerprint density at radius 1 is 1.41 bits per heavy atom. The van der Waals surface area contributed by atoms with Gasteiger partial charge in [0.2, 0.25) is 0 Å². The van der Waals surface area contributed by atoms with Crippen LogP contribution in [0, 0.1) is 5.82 Å². The summed E-state index contributed by atoms with van der Waals surface area (Å²) in [5.74, 6) is -0.384. The van der Waals surface area contributed by atoms with Gasteiger partial charge >= 0.3 is 0 Å². The lowest BCUT2D eigenvalue weighted by Gasteiger charge is -2.19. The summed E-state index contributed by atoms with van der Waals surface area (Å²) in [6.07, 6.45) is 1.16. The van der Waals surface area contributed by atoms with E-state index in [2.05, 4.69) is 0 Å². The highest BCUT2D eigenvalue weighted by Crippen LogP contribution is 2.19. The van der Waals surface area contributed by atoms with Gasteiger partial charge in [-0.15, -0.1) is 0 Å². The third-order valence-corrected chi connectivity index (χ3v) is 3.38. The summed E-state index contributed by atoms with van der Waals surface area (Å²) in [7, 11) is -1.38. The summed E-state index contributed by atoms with van der Waals surface area (Å²) in [6, 6.07) is 4.71. The van der Waals surface area contributed by atoms with Crippen LogP contribution in [0.25, 0.3) is 0 Å². The van der Waals surface area contributed by atoms with Gasteiger partial charge in [-0.2, -0.15) is 0 Å². The predicted molar refractivity (Wildman–Crippen MR) is 67.3 cm³/mol. The Morgan fingerprint density at radius 2 is 2.06 bits per heavy atom. The van der Waals surface area contributed by atoms with E-state index in [0.717, 1.165) is 6.26 Å². The molecule has 1 aromatic rings. The first kappa shape index (κ1) is 13.9. The van der Waals surface area contributed by atoms with Crippen molar-refractivity contribution in [2.75, 3.05) is 30.5 Å². The zero-order valence-electron chi connectivity index (χ0n) is 9.98. The fraction of sp³-hybridized carbons (Fsp3) is 0.455. The number of rotatable bonds is 5. The first-order valence-electron chi connectivity index (χ1n) is 5.21. The minimum Gasteiger partial charge on any atom is -0.371 e. The van der Waals surface area contributed by atoms with Gasteiger partial charge in [0.1, 0.15) is 15.7 Å². The lowest BCUT2D eigenvalue weighted by atomic mass is 10.2. The average molecular weight is 260 g/mol. The second-order valence-electron chi connectivity index (χ2n) is 4.04. The van der Waals surface area contributed by atoms with Gasteiger partial charge in [0, 0.05) is 26.4 Å². The summed E-state index contributed by atoms with van der Waals surface area (Å²) in [5.41, 5.74) is 6.49. The number of nitrogens with zero attached hydrogens (tertiary/aromatic N) is 1. The largest absolute Gasteiger partial charge is 0.371 e. The van der Waals surface area contributed by atoms with Gasteiger partial charge in [0.15, 0.2) is 0 Å². The molecule has 0 aliphatic carbocycles. The van der Waals surface area contributed by atoms with Crippen LogP contribution < -0.4 is 10.6 Å². The molecule has 0 fully saturated rings. The third kappa shape index (κ3) is 4.32. The molecule has 0 atom stereocenters. The lowest BCUT2D eigenvalue weighted by molar-refractivity contribution is 0.599. The normalized spacial score (nSPS) is 11.5. The molecule has 0 aliphatic heterocycles. The number of benzene rings is 1. The molecule has 0 aliphatic rings.